The normalized spacial score (nSPS) is 10.3. The molecule has 0 aliphatic heterocycles. The second-order valence-electron chi connectivity index (χ2n) is 4.27. The molecule has 0 amide bonds. The Hall–Kier alpha value is -1.58. The Kier molecular flexibility index (Phi) is 6.84. The van der Waals surface area contributed by atoms with Crippen LogP contribution < -0.4 is 0 Å². The van der Waals surface area contributed by atoms with E-state index >= 15 is 0 Å². The van der Waals surface area contributed by atoms with Gasteiger partial charge in [0, 0.05) is 12.8 Å². The third-order valence-electron chi connectivity index (χ3n) is 2.83. The fourth-order valence-corrected chi connectivity index (χ4v) is 1.79. The van der Waals surface area contributed by atoms with Crippen molar-refractivity contribution in [2.75, 3.05) is 7.11 Å². The number of aldehydes is 1. The number of furan rings is 1. The molecule has 0 fully saturated rings. The van der Waals surface area contributed by atoms with Gasteiger partial charge in [-0.05, 0) is 25.0 Å². The number of hydrogen-bond acceptors (Lipinski definition) is 4. The lowest BCUT2D eigenvalue weighted by atomic mass is 10.1. The number of carbonyl (C=O) groups excluding carboxylic acids is 2. The SMILES string of the molecule is COC(=O)CCCCCCCc1ccc(C=O)o1. The van der Waals surface area contributed by atoms with E-state index in [1.54, 1.807) is 6.07 Å². The third-order valence-corrected chi connectivity index (χ3v) is 2.83. The Morgan fingerprint density at radius 1 is 1.22 bits per heavy atom. The molecule has 0 atom stereocenters. The van der Waals surface area contributed by atoms with Crippen LogP contribution in [0.2, 0.25) is 0 Å². The largest absolute Gasteiger partial charge is 0.469 e. The van der Waals surface area contributed by atoms with Gasteiger partial charge in [-0.15, -0.1) is 0 Å². The number of esters is 1. The summed E-state index contributed by atoms with van der Waals surface area (Å²) in [5.41, 5.74) is 0. The molecule has 4 heteroatoms. The maximum atomic E-state index is 10.9. The van der Waals surface area contributed by atoms with Crippen molar-refractivity contribution < 1.29 is 18.7 Å². The molecular formula is C14H20O4. The number of ether oxygens (including phenoxy) is 1. The van der Waals surface area contributed by atoms with Gasteiger partial charge in [-0.1, -0.05) is 19.3 Å². The molecule has 0 N–H and O–H groups in total. The van der Waals surface area contributed by atoms with Gasteiger partial charge in [0.05, 0.1) is 7.11 Å². The zero-order valence-electron chi connectivity index (χ0n) is 10.8. The monoisotopic (exact) mass is 252 g/mol. The van der Waals surface area contributed by atoms with E-state index in [9.17, 15) is 9.59 Å². The molecule has 1 aromatic rings. The first-order valence-electron chi connectivity index (χ1n) is 6.37. The first-order valence-corrected chi connectivity index (χ1v) is 6.37. The highest BCUT2D eigenvalue weighted by Gasteiger charge is 2.01. The molecule has 4 nitrogen and oxygen atoms in total. The highest BCUT2D eigenvalue weighted by molar-refractivity contribution is 5.70. The molecule has 1 rings (SSSR count). The van der Waals surface area contributed by atoms with Crippen LogP contribution in [-0.4, -0.2) is 19.4 Å². The highest BCUT2D eigenvalue weighted by atomic mass is 16.5. The second-order valence-corrected chi connectivity index (χ2v) is 4.27. The molecule has 0 bridgehead atoms. The van der Waals surface area contributed by atoms with E-state index in [1.165, 1.54) is 7.11 Å². The summed E-state index contributed by atoms with van der Waals surface area (Å²) in [4.78, 5) is 21.3. The Labute approximate surface area is 107 Å². The van der Waals surface area contributed by atoms with Gasteiger partial charge < -0.3 is 9.15 Å². The maximum Gasteiger partial charge on any atom is 0.305 e. The van der Waals surface area contributed by atoms with Gasteiger partial charge in [-0.3, -0.25) is 9.59 Å². The summed E-state index contributed by atoms with van der Waals surface area (Å²) in [7, 11) is 1.42. The van der Waals surface area contributed by atoms with E-state index in [0.29, 0.717) is 12.2 Å². The summed E-state index contributed by atoms with van der Waals surface area (Å²) in [5, 5.41) is 0. The van der Waals surface area contributed by atoms with Crippen molar-refractivity contribution in [2.45, 2.75) is 44.9 Å². The zero-order valence-corrected chi connectivity index (χ0v) is 10.8. The number of unbranched alkanes of at least 4 members (excludes halogenated alkanes) is 4. The van der Waals surface area contributed by atoms with Gasteiger partial charge in [0.1, 0.15) is 5.76 Å². The average Bonchev–Trinajstić information content (AvgIpc) is 2.85. The molecule has 0 unspecified atom stereocenters. The fourth-order valence-electron chi connectivity index (χ4n) is 1.79. The molecule has 18 heavy (non-hydrogen) atoms. The fraction of sp³-hybridized carbons (Fsp3) is 0.571. The van der Waals surface area contributed by atoms with Crippen LogP contribution in [0.15, 0.2) is 16.5 Å². The molecule has 1 heterocycles. The Bertz CT molecular complexity index is 368. The third kappa shape index (κ3) is 5.66. The topological polar surface area (TPSA) is 56.5 Å². The highest BCUT2D eigenvalue weighted by Crippen LogP contribution is 2.12. The quantitative estimate of drug-likeness (QED) is 0.385. The van der Waals surface area contributed by atoms with Gasteiger partial charge in [0.2, 0.25) is 0 Å². The number of hydrogen-bond donors (Lipinski definition) is 0. The smallest absolute Gasteiger partial charge is 0.305 e. The van der Waals surface area contributed by atoms with Crippen LogP contribution in [0.3, 0.4) is 0 Å². The predicted molar refractivity (Wildman–Crippen MR) is 67.5 cm³/mol. The van der Waals surface area contributed by atoms with Crippen LogP contribution in [-0.2, 0) is 16.0 Å². The molecule has 1 aromatic heterocycles. The van der Waals surface area contributed by atoms with Crippen molar-refractivity contribution in [1.82, 2.24) is 0 Å². The summed E-state index contributed by atoms with van der Waals surface area (Å²) in [5.74, 6) is 1.13. The van der Waals surface area contributed by atoms with Crippen molar-refractivity contribution in [2.24, 2.45) is 0 Å². The van der Waals surface area contributed by atoms with Crippen LogP contribution >= 0.6 is 0 Å². The van der Waals surface area contributed by atoms with Gasteiger partial charge in [0.25, 0.3) is 0 Å². The predicted octanol–water partition coefficient (Wildman–Crippen LogP) is 3.15. The molecular weight excluding hydrogens is 232 g/mol. The Morgan fingerprint density at radius 3 is 2.61 bits per heavy atom. The van der Waals surface area contributed by atoms with Crippen LogP contribution in [0, 0.1) is 0 Å². The van der Waals surface area contributed by atoms with Gasteiger partial charge >= 0.3 is 5.97 Å². The zero-order chi connectivity index (χ0) is 13.2. The minimum atomic E-state index is -0.132. The van der Waals surface area contributed by atoms with Crippen LogP contribution in [0.25, 0.3) is 0 Å². The Balaban J connectivity index is 1.98. The number of rotatable bonds is 9. The summed E-state index contributed by atoms with van der Waals surface area (Å²) >= 11 is 0. The maximum absolute atomic E-state index is 10.9. The van der Waals surface area contributed by atoms with Crippen molar-refractivity contribution in [3.8, 4) is 0 Å². The standard InChI is InChI=1S/C14H20O4/c1-17-14(16)8-6-4-2-3-5-7-12-9-10-13(11-15)18-12/h9-11H,2-8H2,1H3. The summed E-state index contributed by atoms with van der Waals surface area (Å²) in [6.07, 6.45) is 7.30. The van der Waals surface area contributed by atoms with Crippen molar-refractivity contribution in [3.63, 3.8) is 0 Å². The van der Waals surface area contributed by atoms with Gasteiger partial charge in [-0.2, -0.15) is 0 Å². The van der Waals surface area contributed by atoms with E-state index in [0.717, 1.165) is 50.6 Å². The molecule has 0 spiro atoms. The minimum Gasteiger partial charge on any atom is -0.469 e. The lowest BCUT2D eigenvalue weighted by molar-refractivity contribution is -0.140. The second kappa shape index (κ2) is 8.50. The van der Waals surface area contributed by atoms with Crippen LogP contribution in [0.4, 0.5) is 0 Å². The molecule has 0 saturated carbocycles. The lowest BCUT2D eigenvalue weighted by Crippen LogP contribution is -1.99. The summed E-state index contributed by atoms with van der Waals surface area (Å²) in [6, 6.07) is 3.54. The van der Waals surface area contributed by atoms with E-state index in [-0.39, 0.29) is 5.97 Å². The van der Waals surface area contributed by atoms with Crippen molar-refractivity contribution in [3.05, 3.63) is 23.7 Å². The first-order chi connectivity index (χ1) is 8.76. The number of methoxy groups -OCH3 is 1. The number of carbonyl (C=O) groups is 2. The molecule has 0 aliphatic carbocycles. The van der Waals surface area contributed by atoms with Crippen molar-refractivity contribution >= 4 is 12.3 Å². The Morgan fingerprint density at radius 2 is 1.94 bits per heavy atom. The van der Waals surface area contributed by atoms with Crippen molar-refractivity contribution in [1.29, 1.82) is 0 Å². The molecule has 0 radical (unpaired) electrons. The van der Waals surface area contributed by atoms with Gasteiger partial charge in [-0.25, -0.2) is 0 Å². The average molecular weight is 252 g/mol. The van der Waals surface area contributed by atoms with Crippen LogP contribution in [0.1, 0.15) is 54.8 Å². The van der Waals surface area contributed by atoms with E-state index in [2.05, 4.69) is 4.74 Å². The number of aryl methyl sites for hydroxylation is 1. The molecule has 0 saturated heterocycles. The minimum absolute atomic E-state index is 0.132. The molecule has 100 valence electrons. The molecule has 0 aliphatic rings. The van der Waals surface area contributed by atoms with Crippen LogP contribution in [0.5, 0.6) is 0 Å². The summed E-state index contributed by atoms with van der Waals surface area (Å²) in [6.45, 7) is 0. The first kappa shape index (κ1) is 14.5. The van der Waals surface area contributed by atoms with E-state index in [4.69, 9.17) is 4.42 Å². The molecule has 0 aromatic carbocycles. The summed E-state index contributed by atoms with van der Waals surface area (Å²) < 4.78 is 9.85. The van der Waals surface area contributed by atoms with E-state index < -0.39 is 0 Å². The van der Waals surface area contributed by atoms with Gasteiger partial charge in [0.15, 0.2) is 12.0 Å². The lowest BCUT2D eigenvalue weighted by Gasteiger charge is -2.00. The van der Waals surface area contributed by atoms with E-state index in [1.807, 2.05) is 6.07 Å².